The second-order valence-electron chi connectivity index (χ2n) is 6.11. The van der Waals surface area contributed by atoms with Crippen LogP contribution in [0.2, 0.25) is 0 Å². The number of rotatable bonds is 6. The lowest BCUT2D eigenvalue weighted by atomic mass is 10.1. The maximum atomic E-state index is 11.8. The summed E-state index contributed by atoms with van der Waals surface area (Å²) < 4.78 is 0. The Kier molecular flexibility index (Phi) is 6.90. The predicted octanol–water partition coefficient (Wildman–Crippen LogP) is 0.603. The number of hydrogen-bond acceptors (Lipinski definition) is 6. The molecule has 9 heteroatoms. The first-order chi connectivity index (χ1) is 12.5. The highest BCUT2D eigenvalue weighted by molar-refractivity contribution is 5.95. The SMILES string of the molecule is CCNC(=O)CN1CCCN(c2ccc(C(=O)NC)cc2[N+](=O)[O-])CC1. The summed E-state index contributed by atoms with van der Waals surface area (Å²) in [6, 6.07) is 4.53. The van der Waals surface area contributed by atoms with Crippen LogP contribution < -0.4 is 15.5 Å². The van der Waals surface area contributed by atoms with Crippen LogP contribution in [0, 0.1) is 10.1 Å². The van der Waals surface area contributed by atoms with E-state index in [0.717, 1.165) is 13.0 Å². The summed E-state index contributed by atoms with van der Waals surface area (Å²) >= 11 is 0. The fourth-order valence-electron chi connectivity index (χ4n) is 3.05. The minimum atomic E-state index is -0.459. The van der Waals surface area contributed by atoms with Crippen molar-refractivity contribution in [1.29, 1.82) is 0 Å². The van der Waals surface area contributed by atoms with Crippen LogP contribution in [0.25, 0.3) is 0 Å². The van der Waals surface area contributed by atoms with Crippen LogP contribution >= 0.6 is 0 Å². The number of hydrogen-bond donors (Lipinski definition) is 2. The molecular formula is C17H25N5O4. The Labute approximate surface area is 152 Å². The number of likely N-dealkylation sites (N-methyl/N-ethyl adjacent to an activating group) is 1. The van der Waals surface area contributed by atoms with E-state index in [0.29, 0.717) is 38.4 Å². The van der Waals surface area contributed by atoms with E-state index in [2.05, 4.69) is 15.5 Å². The zero-order valence-corrected chi connectivity index (χ0v) is 15.2. The molecule has 0 aliphatic carbocycles. The lowest BCUT2D eigenvalue weighted by Crippen LogP contribution is -2.39. The number of nitrogens with one attached hydrogen (secondary N) is 2. The van der Waals surface area contributed by atoms with Crippen LogP contribution in [-0.2, 0) is 4.79 Å². The summed E-state index contributed by atoms with van der Waals surface area (Å²) in [5.41, 5.74) is 0.682. The summed E-state index contributed by atoms with van der Waals surface area (Å²) in [4.78, 5) is 38.5. The topological polar surface area (TPSA) is 108 Å². The lowest BCUT2D eigenvalue weighted by molar-refractivity contribution is -0.384. The minimum absolute atomic E-state index is 0.0122. The molecule has 0 saturated carbocycles. The molecule has 0 aromatic heterocycles. The molecule has 0 atom stereocenters. The average Bonchev–Trinajstić information content (AvgIpc) is 2.86. The Morgan fingerprint density at radius 3 is 2.65 bits per heavy atom. The summed E-state index contributed by atoms with van der Waals surface area (Å²) in [5, 5.41) is 16.7. The van der Waals surface area contributed by atoms with Crippen molar-refractivity contribution in [2.24, 2.45) is 0 Å². The minimum Gasteiger partial charge on any atom is -0.365 e. The van der Waals surface area contributed by atoms with E-state index in [9.17, 15) is 19.7 Å². The van der Waals surface area contributed by atoms with Gasteiger partial charge in [0.05, 0.1) is 11.5 Å². The number of carbonyl (C=O) groups is 2. The van der Waals surface area contributed by atoms with Gasteiger partial charge in [-0.05, 0) is 25.5 Å². The Morgan fingerprint density at radius 2 is 2.00 bits per heavy atom. The van der Waals surface area contributed by atoms with E-state index < -0.39 is 4.92 Å². The first kappa shape index (κ1) is 19.6. The van der Waals surface area contributed by atoms with Crippen LogP contribution in [0.1, 0.15) is 23.7 Å². The number of nitrogens with zero attached hydrogens (tertiary/aromatic N) is 3. The molecule has 1 aliphatic heterocycles. The number of nitro groups is 1. The van der Waals surface area contributed by atoms with Crippen molar-refractivity contribution < 1.29 is 14.5 Å². The van der Waals surface area contributed by atoms with Crippen LogP contribution in [0.15, 0.2) is 18.2 Å². The van der Waals surface area contributed by atoms with E-state index in [1.807, 2.05) is 11.8 Å². The first-order valence-corrected chi connectivity index (χ1v) is 8.70. The van der Waals surface area contributed by atoms with Crippen molar-refractivity contribution in [1.82, 2.24) is 15.5 Å². The molecule has 142 valence electrons. The Morgan fingerprint density at radius 1 is 1.23 bits per heavy atom. The van der Waals surface area contributed by atoms with Crippen LogP contribution in [0.3, 0.4) is 0 Å². The van der Waals surface area contributed by atoms with Gasteiger partial charge in [-0.3, -0.25) is 24.6 Å². The monoisotopic (exact) mass is 363 g/mol. The molecule has 2 N–H and O–H groups in total. The lowest BCUT2D eigenvalue weighted by Gasteiger charge is -2.23. The van der Waals surface area contributed by atoms with Crippen molar-refractivity contribution in [3.8, 4) is 0 Å². The van der Waals surface area contributed by atoms with Crippen molar-refractivity contribution >= 4 is 23.2 Å². The average molecular weight is 363 g/mol. The van der Waals surface area contributed by atoms with Gasteiger partial charge < -0.3 is 15.5 Å². The summed E-state index contributed by atoms with van der Waals surface area (Å²) in [6.45, 7) is 5.46. The zero-order valence-electron chi connectivity index (χ0n) is 15.2. The first-order valence-electron chi connectivity index (χ1n) is 8.70. The molecule has 0 unspecified atom stereocenters. The second-order valence-corrected chi connectivity index (χ2v) is 6.11. The Hall–Kier alpha value is -2.68. The molecule has 2 amide bonds. The van der Waals surface area contributed by atoms with Gasteiger partial charge in [0.15, 0.2) is 0 Å². The van der Waals surface area contributed by atoms with Gasteiger partial charge in [0.25, 0.3) is 11.6 Å². The van der Waals surface area contributed by atoms with Gasteiger partial charge in [0, 0.05) is 51.4 Å². The van der Waals surface area contributed by atoms with Gasteiger partial charge in [-0.15, -0.1) is 0 Å². The largest absolute Gasteiger partial charge is 0.365 e. The number of nitro benzene ring substituents is 1. The number of benzene rings is 1. The molecule has 26 heavy (non-hydrogen) atoms. The van der Waals surface area contributed by atoms with Crippen LogP contribution in [0.4, 0.5) is 11.4 Å². The van der Waals surface area contributed by atoms with Gasteiger partial charge in [-0.2, -0.15) is 0 Å². The normalized spacial score (nSPS) is 15.2. The van der Waals surface area contributed by atoms with Crippen molar-refractivity contribution in [3.05, 3.63) is 33.9 Å². The zero-order chi connectivity index (χ0) is 19.1. The smallest absolute Gasteiger partial charge is 0.293 e. The highest BCUT2D eigenvalue weighted by Crippen LogP contribution is 2.30. The molecule has 0 radical (unpaired) electrons. The number of carbonyl (C=O) groups excluding carboxylic acids is 2. The number of amides is 2. The quantitative estimate of drug-likeness (QED) is 0.566. The third-order valence-electron chi connectivity index (χ3n) is 4.33. The number of anilines is 1. The highest BCUT2D eigenvalue weighted by Gasteiger charge is 2.24. The molecular weight excluding hydrogens is 338 g/mol. The van der Waals surface area contributed by atoms with E-state index in [1.54, 1.807) is 12.1 Å². The van der Waals surface area contributed by atoms with Gasteiger partial charge in [0.2, 0.25) is 5.91 Å². The molecule has 2 rings (SSSR count). The maximum Gasteiger partial charge on any atom is 0.293 e. The molecule has 1 aliphatic rings. The van der Waals surface area contributed by atoms with Crippen molar-refractivity contribution in [3.63, 3.8) is 0 Å². The van der Waals surface area contributed by atoms with E-state index in [4.69, 9.17) is 0 Å². The third kappa shape index (κ3) is 4.92. The summed E-state index contributed by atoms with van der Waals surface area (Å²) in [6.07, 6.45) is 0.799. The van der Waals surface area contributed by atoms with E-state index in [-0.39, 0.29) is 23.1 Å². The molecule has 1 heterocycles. The molecule has 9 nitrogen and oxygen atoms in total. The Balaban J connectivity index is 2.14. The molecule has 1 fully saturated rings. The summed E-state index contributed by atoms with van der Waals surface area (Å²) in [5.74, 6) is -0.370. The highest BCUT2D eigenvalue weighted by atomic mass is 16.6. The fraction of sp³-hybridized carbons (Fsp3) is 0.529. The Bertz CT molecular complexity index is 679. The van der Waals surface area contributed by atoms with Gasteiger partial charge in [-0.25, -0.2) is 0 Å². The van der Waals surface area contributed by atoms with E-state index >= 15 is 0 Å². The summed E-state index contributed by atoms with van der Waals surface area (Å²) in [7, 11) is 1.49. The van der Waals surface area contributed by atoms with Gasteiger partial charge in [0.1, 0.15) is 5.69 Å². The van der Waals surface area contributed by atoms with Crippen LogP contribution in [-0.4, -0.2) is 68.0 Å². The fourth-order valence-corrected chi connectivity index (χ4v) is 3.05. The standard InChI is InChI=1S/C17H25N5O4/c1-3-19-16(23)12-20-7-4-8-21(10-9-20)14-6-5-13(17(24)18-2)11-15(14)22(25)26/h5-6,11H,3-4,7-10,12H2,1-2H3,(H,18,24)(H,19,23). The molecule has 1 aromatic carbocycles. The maximum absolute atomic E-state index is 11.8. The predicted molar refractivity (Wildman–Crippen MR) is 98.4 cm³/mol. The van der Waals surface area contributed by atoms with E-state index in [1.165, 1.54) is 13.1 Å². The molecule has 0 spiro atoms. The van der Waals surface area contributed by atoms with Gasteiger partial charge in [-0.1, -0.05) is 0 Å². The van der Waals surface area contributed by atoms with Crippen molar-refractivity contribution in [2.75, 3.05) is 51.2 Å². The molecule has 0 bridgehead atoms. The van der Waals surface area contributed by atoms with Crippen LogP contribution in [0.5, 0.6) is 0 Å². The van der Waals surface area contributed by atoms with Gasteiger partial charge >= 0.3 is 0 Å². The van der Waals surface area contributed by atoms with Crippen molar-refractivity contribution in [2.45, 2.75) is 13.3 Å². The second kappa shape index (κ2) is 9.14. The third-order valence-corrected chi connectivity index (χ3v) is 4.33. The molecule has 1 aromatic rings. The molecule has 1 saturated heterocycles.